The van der Waals surface area contributed by atoms with Crippen molar-refractivity contribution < 1.29 is 9.18 Å². The molecular weight excluding hydrogens is 379 g/mol. The van der Waals surface area contributed by atoms with Crippen LogP contribution in [0.3, 0.4) is 0 Å². The van der Waals surface area contributed by atoms with Crippen molar-refractivity contribution in [2.45, 2.75) is 13.3 Å². The number of pyridine rings is 1. The van der Waals surface area contributed by atoms with Gasteiger partial charge in [0.05, 0.1) is 11.3 Å². The van der Waals surface area contributed by atoms with E-state index in [0.717, 1.165) is 28.9 Å². The summed E-state index contributed by atoms with van der Waals surface area (Å²) in [6.07, 6.45) is 4.12. The van der Waals surface area contributed by atoms with Gasteiger partial charge < -0.3 is 15.5 Å². The summed E-state index contributed by atoms with van der Waals surface area (Å²) in [5.41, 5.74) is 5.29. The molecule has 30 heavy (non-hydrogen) atoms. The molecule has 0 radical (unpaired) electrons. The van der Waals surface area contributed by atoms with E-state index in [4.69, 9.17) is 0 Å². The number of nitrogens with one attached hydrogen (secondary N) is 2. The predicted molar refractivity (Wildman–Crippen MR) is 119 cm³/mol. The molecule has 1 amide bonds. The smallest absolute Gasteiger partial charge is 0.257 e. The van der Waals surface area contributed by atoms with E-state index in [1.165, 1.54) is 6.07 Å². The van der Waals surface area contributed by atoms with Crippen LogP contribution in [0.15, 0.2) is 67.0 Å². The number of aryl methyl sites for hydroxylation is 1. The Kier molecular flexibility index (Phi) is 5.48. The Labute approximate surface area is 175 Å². The quantitative estimate of drug-likeness (QED) is 0.591. The summed E-state index contributed by atoms with van der Waals surface area (Å²) >= 11 is 0. The largest absolute Gasteiger partial charge is 0.372 e. The van der Waals surface area contributed by atoms with Crippen molar-refractivity contribution in [1.29, 1.82) is 0 Å². The number of carbonyl (C=O) groups is 1. The average Bonchev–Trinajstić information content (AvgIpc) is 3.07. The molecule has 0 unspecified atom stereocenters. The second-order valence-electron chi connectivity index (χ2n) is 7.31. The van der Waals surface area contributed by atoms with Crippen LogP contribution in [-0.4, -0.2) is 24.5 Å². The van der Waals surface area contributed by atoms with Gasteiger partial charge in [-0.05, 0) is 48.9 Å². The average molecular weight is 402 g/mol. The molecule has 2 heterocycles. The highest BCUT2D eigenvalue weighted by Crippen LogP contribution is 2.34. The minimum Gasteiger partial charge on any atom is -0.372 e. The van der Waals surface area contributed by atoms with Crippen LogP contribution in [0.25, 0.3) is 5.57 Å². The minimum atomic E-state index is -0.325. The van der Waals surface area contributed by atoms with Gasteiger partial charge in [0.1, 0.15) is 5.82 Å². The summed E-state index contributed by atoms with van der Waals surface area (Å²) < 4.78 is 14.7. The number of benzene rings is 2. The number of likely N-dealkylation sites (N-methyl/N-ethyl adjacent to an activating group) is 1. The van der Waals surface area contributed by atoms with E-state index in [9.17, 15) is 9.18 Å². The van der Waals surface area contributed by atoms with Gasteiger partial charge in [-0.2, -0.15) is 0 Å². The van der Waals surface area contributed by atoms with Gasteiger partial charge in [0.25, 0.3) is 5.91 Å². The molecule has 1 aliphatic heterocycles. The van der Waals surface area contributed by atoms with Crippen molar-refractivity contribution in [3.05, 3.63) is 89.6 Å². The number of hydrogen-bond acceptors (Lipinski definition) is 4. The minimum absolute atomic E-state index is 0.168. The monoisotopic (exact) mass is 402 g/mol. The summed E-state index contributed by atoms with van der Waals surface area (Å²) in [4.78, 5) is 18.5. The molecule has 0 saturated heterocycles. The number of halogens is 1. The van der Waals surface area contributed by atoms with Crippen LogP contribution < -0.4 is 15.5 Å². The molecule has 0 fully saturated rings. The van der Waals surface area contributed by atoms with Crippen LogP contribution in [0, 0.1) is 12.7 Å². The zero-order valence-corrected chi connectivity index (χ0v) is 16.9. The molecule has 6 heteroatoms. The lowest BCUT2D eigenvalue weighted by Crippen LogP contribution is -2.21. The number of nitrogens with zero attached hydrogens (tertiary/aromatic N) is 2. The number of aromatic nitrogens is 1. The Morgan fingerprint density at radius 3 is 2.80 bits per heavy atom. The van der Waals surface area contributed by atoms with Crippen LogP contribution in [-0.2, 0) is 11.2 Å². The fourth-order valence-electron chi connectivity index (χ4n) is 3.58. The zero-order chi connectivity index (χ0) is 21.1. The first-order valence-corrected chi connectivity index (χ1v) is 9.81. The van der Waals surface area contributed by atoms with Gasteiger partial charge in [0.15, 0.2) is 0 Å². The molecule has 0 atom stereocenters. The van der Waals surface area contributed by atoms with Gasteiger partial charge in [-0.1, -0.05) is 18.2 Å². The van der Waals surface area contributed by atoms with E-state index in [1.54, 1.807) is 24.5 Å². The van der Waals surface area contributed by atoms with Crippen molar-refractivity contribution in [3.8, 4) is 0 Å². The Bertz CT molecular complexity index is 1110. The van der Waals surface area contributed by atoms with Crippen molar-refractivity contribution in [3.63, 3.8) is 0 Å². The molecule has 1 aromatic heterocycles. The van der Waals surface area contributed by atoms with Gasteiger partial charge in [-0.25, -0.2) is 4.39 Å². The molecule has 2 N–H and O–H groups in total. The third-order valence-corrected chi connectivity index (χ3v) is 5.21. The summed E-state index contributed by atoms with van der Waals surface area (Å²) in [6.45, 7) is 2.61. The van der Waals surface area contributed by atoms with Crippen molar-refractivity contribution in [2.75, 3.05) is 29.1 Å². The maximum Gasteiger partial charge on any atom is 0.257 e. The highest BCUT2D eigenvalue weighted by Gasteiger charge is 2.25. The number of anilines is 3. The summed E-state index contributed by atoms with van der Waals surface area (Å²) in [7, 11) is 1.86. The third-order valence-electron chi connectivity index (χ3n) is 5.21. The second kappa shape index (κ2) is 8.37. The SMILES string of the molecule is Cc1cccc2c1C(=CNc1ccc(N(C)CCc3ccccn3)c(F)c1)C(=O)N2. The van der Waals surface area contributed by atoms with Gasteiger partial charge in [0, 0.05) is 55.0 Å². The lowest BCUT2D eigenvalue weighted by atomic mass is 10.0. The van der Waals surface area contributed by atoms with Crippen molar-refractivity contribution in [1.82, 2.24) is 4.98 Å². The summed E-state index contributed by atoms with van der Waals surface area (Å²) in [5.74, 6) is -0.493. The molecule has 1 aliphatic rings. The Balaban J connectivity index is 1.46. The fourth-order valence-corrected chi connectivity index (χ4v) is 3.58. The van der Waals surface area contributed by atoms with E-state index in [1.807, 2.05) is 55.3 Å². The number of carbonyl (C=O) groups excluding carboxylic acids is 1. The molecule has 0 spiro atoms. The topological polar surface area (TPSA) is 57.3 Å². The number of amides is 1. The van der Waals surface area contributed by atoms with Crippen LogP contribution in [0.5, 0.6) is 0 Å². The van der Waals surface area contributed by atoms with E-state index in [2.05, 4.69) is 15.6 Å². The van der Waals surface area contributed by atoms with Crippen molar-refractivity contribution >= 4 is 28.5 Å². The van der Waals surface area contributed by atoms with E-state index in [-0.39, 0.29) is 11.7 Å². The molecule has 0 aliphatic carbocycles. The van der Waals surface area contributed by atoms with Gasteiger partial charge in [0.2, 0.25) is 0 Å². The lowest BCUT2D eigenvalue weighted by molar-refractivity contribution is -0.110. The fraction of sp³-hybridized carbons (Fsp3) is 0.167. The van der Waals surface area contributed by atoms with E-state index in [0.29, 0.717) is 23.5 Å². The number of rotatable bonds is 6. The maximum absolute atomic E-state index is 14.7. The second-order valence-corrected chi connectivity index (χ2v) is 7.31. The molecule has 3 aromatic rings. The Morgan fingerprint density at radius 2 is 2.03 bits per heavy atom. The van der Waals surface area contributed by atoms with E-state index >= 15 is 0 Å². The molecule has 0 bridgehead atoms. The number of fused-ring (bicyclic) bond motifs is 1. The highest BCUT2D eigenvalue weighted by atomic mass is 19.1. The highest BCUT2D eigenvalue weighted by molar-refractivity contribution is 6.32. The van der Waals surface area contributed by atoms with Crippen LogP contribution in [0.2, 0.25) is 0 Å². The Hall–Kier alpha value is -3.67. The maximum atomic E-state index is 14.7. The lowest BCUT2D eigenvalue weighted by Gasteiger charge is -2.20. The van der Waals surface area contributed by atoms with Crippen LogP contribution in [0.1, 0.15) is 16.8 Å². The van der Waals surface area contributed by atoms with Crippen LogP contribution in [0.4, 0.5) is 21.5 Å². The summed E-state index contributed by atoms with van der Waals surface area (Å²) in [5, 5.41) is 5.91. The zero-order valence-electron chi connectivity index (χ0n) is 16.9. The van der Waals surface area contributed by atoms with E-state index < -0.39 is 0 Å². The first-order valence-electron chi connectivity index (χ1n) is 9.81. The molecule has 152 valence electrons. The first kappa shape index (κ1) is 19.6. The van der Waals surface area contributed by atoms with Crippen molar-refractivity contribution in [2.24, 2.45) is 0 Å². The van der Waals surface area contributed by atoms with Gasteiger partial charge in [-0.15, -0.1) is 0 Å². The van der Waals surface area contributed by atoms with Gasteiger partial charge >= 0.3 is 0 Å². The van der Waals surface area contributed by atoms with Gasteiger partial charge in [-0.3, -0.25) is 9.78 Å². The molecule has 2 aromatic carbocycles. The molecule has 4 rings (SSSR count). The molecule has 0 saturated carbocycles. The summed E-state index contributed by atoms with van der Waals surface area (Å²) in [6, 6.07) is 16.5. The van der Waals surface area contributed by atoms with Crippen LogP contribution >= 0.6 is 0 Å². The third kappa shape index (κ3) is 4.03. The Morgan fingerprint density at radius 1 is 1.17 bits per heavy atom. The number of hydrogen-bond donors (Lipinski definition) is 2. The standard InChI is InChI=1S/C24H23FN4O/c1-16-6-5-8-21-23(16)19(24(30)28-21)15-27-18-9-10-22(20(25)14-18)29(2)13-11-17-7-3-4-12-26-17/h3-10,12,14-15,27H,11,13H2,1-2H3,(H,28,30). The molecular formula is C24H23FN4O. The normalized spacial score (nSPS) is 13.8. The predicted octanol–water partition coefficient (Wildman–Crippen LogP) is 4.61. The first-order chi connectivity index (χ1) is 14.5. The molecule has 5 nitrogen and oxygen atoms in total.